The Bertz CT molecular complexity index is 379. The summed E-state index contributed by atoms with van der Waals surface area (Å²) in [5, 5.41) is 9.02. The predicted octanol–water partition coefficient (Wildman–Crippen LogP) is 1.09. The fourth-order valence-corrected chi connectivity index (χ4v) is 1.55. The standard InChI is InChI=1S/C12H16N2O3/c13-7-3-1-5-9(12(16)17)11(15)10-6-2-4-8-14-10/h2,4,6,8-9H,1,3,5,7,13H2,(H,16,17). The molecule has 0 aliphatic rings. The second-order valence-corrected chi connectivity index (χ2v) is 3.75. The summed E-state index contributed by atoms with van der Waals surface area (Å²) in [4.78, 5) is 26.8. The molecule has 0 bridgehead atoms. The lowest BCUT2D eigenvalue weighted by Gasteiger charge is -2.10. The van der Waals surface area contributed by atoms with Crippen molar-refractivity contribution in [2.24, 2.45) is 11.7 Å². The van der Waals surface area contributed by atoms with E-state index in [0.717, 1.165) is 6.42 Å². The van der Waals surface area contributed by atoms with E-state index in [1.807, 2.05) is 0 Å². The van der Waals surface area contributed by atoms with Crippen LogP contribution in [0.5, 0.6) is 0 Å². The van der Waals surface area contributed by atoms with Gasteiger partial charge in [0.25, 0.3) is 0 Å². The van der Waals surface area contributed by atoms with Crippen molar-refractivity contribution < 1.29 is 14.7 Å². The highest BCUT2D eigenvalue weighted by Crippen LogP contribution is 2.14. The summed E-state index contributed by atoms with van der Waals surface area (Å²) in [5.41, 5.74) is 5.53. The smallest absolute Gasteiger partial charge is 0.314 e. The van der Waals surface area contributed by atoms with E-state index in [0.29, 0.717) is 19.4 Å². The number of aliphatic carboxylic acids is 1. The average molecular weight is 236 g/mol. The highest BCUT2D eigenvalue weighted by atomic mass is 16.4. The van der Waals surface area contributed by atoms with Gasteiger partial charge in [-0.2, -0.15) is 0 Å². The second kappa shape index (κ2) is 6.75. The minimum Gasteiger partial charge on any atom is -0.481 e. The van der Waals surface area contributed by atoms with E-state index < -0.39 is 17.7 Å². The molecule has 1 atom stereocenters. The topological polar surface area (TPSA) is 93.3 Å². The number of carbonyl (C=O) groups excluding carboxylic acids is 1. The summed E-state index contributed by atoms with van der Waals surface area (Å²) in [7, 11) is 0. The lowest BCUT2D eigenvalue weighted by molar-refractivity contribution is -0.140. The molecule has 1 unspecified atom stereocenters. The first kappa shape index (κ1) is 13.3. The van der Waals surface area contributed by atoms with E-state index >= 15 is 0 Å². The maximum Gasteiger partial charge on any atom is 0.314 e. The van der Waals surface area contributed by atoms with Crippen LogP contribution in [0.15, 0.2) is 24.4 Å². The van der Waals surface area contributed by atoms with Crippen LogP contribution in [0.3, 0.4) is 0 Å². The highest BCUT2D eigenvalue weighted by molar-refractivity contribution is 6.07. The minimum absolute atomic E-state index is 0.202. The molecular formula is C12H16N2O3. The van der Waals surface area contributed by atoms with Crippen molar-refractivity contribution in [1.82, 2.24) is 4.98 Å². The number of ketones is 1. The number of hydrogen-bond donors (Lipinski definition) is 2. The van der Waals surface area contributed by atoms with E-state index in [1.165, 1.54) is 12.3 Å². The fourth-order valence-electron chi connectivity index (χ4n) is 1.55. The molecule has 0 amide bonds. The van der Waals surface area contributed by atoms with Gasteiger partial charge in [0.2, 0.25) is 0 Å². The fraction of sp³-hybridized carbons (Fsp3) is 0.417. The van der Waals surface area contributed by atoms with Crippen LogP contribution in [0.4, 0.5) is 0 Å². The Morgan fingerprint density at radius 2 is 2.12 bits per heavy atom. The van der Waals surface area contributed by atoms with Crippen LogP contribution in [0.2, 0.25) is 0 Å². The van der Waals surface area contributed by atoms with E-state index in [-0.39, 0.29) is 5.69 Å². The molecule has 17 heavy (non-hydrogen) atoms. The molecule has 92 valence electrons. The number of carboxylic acid groups (broad SMARTS) is 1. The van der Waals surface area contributed by atoms with Crippen LogP contribution in [0.1, 0.15) is 29.8 Å². The van der Waals surface area contributed by atoms with Crippen molar-refractivity contribution in [1.29, 1.82) is 0 Å². The maximum absolute atomic E-state index is 11.9. The Morgan fingerprint density at radius 1 is 1.35 bits per heavy atom. The molecule has 0 saturated heterocycles. The monoisotopic (exact) mass is 236 g/mol. The zero-order valence-electron chi connectivity index (χ0n) is 9.50. The molecule has 0 aromatic carbocycles. The Balaban J connectivity index is 2.71. The maximum atomic E-state index is 11.9. The largest absolute Gasteiger partial charge is 0.481 e. The van der Waals surface area contributed by atoms with Crippen molar-refractivity contribution in [3.05, 3.63) is 30.1 Å². The number of unbranched alkanes of at least 4 members (excludes halogenated alkanes) is 1. The average Bonchev–Trinajstić information content (AvgIpc) is 2.34. The van der Waals surface area contributed by atoms with E-state index in [9.17, 15) is 9.59 Å². The molecule has 1 rings (SSSR count). The zero-order valence-corrected chi connectivity index (χ0v) is 9.50. The first-order chi connectivity index (χ1) is 8.16. The summed E-state index contributed by atoms with van der Waals surface area (Å²) in [5.74, 6) is -2.55. The van der Waals surface area contributed by atoms with Crippen molar-refractivity contribution >= 4 is 11.8 Å². The molecule has 5 heteroatoms. The minimum atomic E-state index is -1.10. The third-order valence-electron chi connectivity index (χ3n) is 2.48. The molecule has 0 saturated carbocycles. The van der Waals surface area contributed by atoms with Gasteiger partial charge in [0, 0.05) is 6.20 Å². The van der Waals surface area contributed by atoms with Crippen LogP contribution in [0, 0.1) is 5.92 Å². The van der Waals surface area contributed by atoms with Gasteiger partial charge in [0.15, 0.2) is 5.78 Å². The van der Waals surface area contributed by atoms with Crippen molar-refractivity contribution in [2.45, 2.75) is 19.3 Å². The van der Waals surface area contributed by atoms with Gasteiger partial charge in [-0.25, -0.2) is 0 Å². The quantitative estimate of drug-likeness (QED) is 0.420. The Morgan fingerprint density at radius 3 is 2.65 bits per heavy atom. The van der Waals surface area contributed by atoms with Crippen LogP contribution < -0.4 is 5.73 Å². The van der Waals surface area contributed by atoms with E-state index in [2.05, 4.69) is 4.98 Å². The third kappa shape index (κ3) is 3.96. The molecule has 0 radical (unpaired) electrons. The second-order valence-electron chi connectivity index (χ2n) is 3.75. The number of carboxylic acids is 1. The number of rotatable bonds is 7. The first-order valence-corrected chi connectivity index (χ1v) is 5.55. The van der Waals surface area contributed by atoms with Crippen molar-refractivity contribution in [3.8, 4) is 0 Å². The van der Waals surface area contributed by atoms with Crippen LogP contribution in [-0.4, -0.2) is 28.4 Å². The number of carbonyl (C=O) groups is 2. The Kier molecular flexibility index (Phi) is 5.29. The summed E-state index contributed by atoms with van der Waals surface area (Å²) in [6, 6.07) is 4.88. The molecular weight excluding hydrogens is 220 g/mol. The molecule has 5 nitrogen and oxygen atoms in total. The highest BCUT2D eigenvalue weighted by Gasteiger charge is 2.27. The molecule has 1 aromatic heterocycles. The van der Waals surface area contributed by atoms with Gasteiger partial charge in [-0.1, -0.05) is 12.5 Å². The predicted molar refractivity (Wildman–Crippen MR) is 62.6 cm³/mol. The summed E-state index contributed by atoms with van der Waals surface area (Å²) >= 11 is 0. The molecule has 0 spiro atoms. The van der Waals surface area contributed by atoms with E-state index in [1.54, 1.807) is 12.1 Å². The number of nitrogens with two attached hydrogens (primary N) is 1. The van der Waals surface area contributed by atoms with Gasteiger partial charge >= 0.3 is 5.97 Å². The van der Waals surface area contributed by atoms with Gasteiger partial charge in [0.05, 0.1) is 0 Å². The van der Waals surface area contributed by atoms with Gasteiger partial charge in [-0.05, 0) is 31.5 Å². The Labute approximate surface area is 99.7 Å². The van der Waals surface area contributed by atoms with E-state index in [4.69, 9.17) is 10.8 Å². The van der Waals surface area contributed by atoms with Gasteiger partial charge in [-0.15, -0.1) is 0 Å². The van der Waals surface area contributed by atoms with Crippen LogP contribution in [-0.2, 0) is 4.79 Å². The lowest BCUT2D eigenvalue weighted by atomic mass is 9.95. The molecule has 1 heterocycles. The lowest BCUT2D eigenvalue weighted by Crippen LogP contribution is -2.24. The number of aromatic nitrogens is 1. The van der Waals surface area contributed by atoms with Crippen LogP contribution in [0.25, 0.3) is 0 Å². The van der Waals surface area contributed by atoms with Gasteiger partial charge in [-0.3, -0.25) is 14.6 Å². The summed E-state index contributed by atoms with van der Waals surface area (Å²) in [6.45, 7) is 0.504. The molecule has 0 fully saturated rings. The van der Waals surface area contributed by atoms with Gasteiger partial charge in [0.1, 0.15) is 11.6 Å². The molecule has 0 aliphatic heterocycles. The normalized spacial score (nSPS) is 12.1. The Hall–Kier alpha value is -1.75. The molecule has 1 aromatic rings. The number of hydrogen-bond acceptors (Lipinski definition) is 4. The zero-order chi connectivity index (χ0) is 12.7. The molecule has 3 N–H and O–H groups in total. The summed E-state index contributed by atoms with van der Waals surface area (Å²) in [6.07, 6.45) is 3.14. The van der Waals surface area contributed by atoms with Gasteiger partial charge < -0.3 is 10.8 Å². The number of nitrogens with zero attached hydrogens (tertiary/aromatic N) is 1. The summed E-state index contributed by atoms with van der Waals surface area (Å²) < 4.78 is 0. The molecule has 0 aliphatic carbocycles. The number of pyridine rings is 1. The van der Waals surface area contributed by atoms with Crippen molar-refractivity contribution in [3.63, 3.8) is 0 Å². The number of Topliss-reactive ketones (excluding diaryl/α,β-unsaturated/α-hetero) is 1. The van der Waals surface area contributed by atoms with Crippen molar-refractivity contribution in [2.75, 3.05) is 6.54 Å². The third-order valence-corrected chi connectivity index (χ3v) is 2.48. The SMILES string of the molecule is NCCCCC(C(=O)O)C(=O)c1ccccn1. The van der Waals surface area contributed by atoms with Crippen LogP contribution >= 0.6 is 0 Å². The first-order valence-electron chi connectivity index (χ1n) is 5.55.